The molecular weight excluding hydrogens is 434 g/mol. The Bertz CT molecular complexity index is 1560. The van der Waals surface area contributed by atoms with Gasteiger partial charge in [0.15, 0.2) is 0 Å². The largest absolute Gasteiger partial charge is 0.337 e. The summed E-state index contributed by atoms with van der Waals surface area (Å²) in [6.45, 7) is 0. The molecule has 158 valence electrons. The predicted molar refractivity (Wildman–Crippen MR) is 129 cm³/mol. The van der Waals surface area contributed by atoms with Gasteiger partial charge in [0.1, 0.15) is 11.9 Å². The number of nitro benzene ring substituents is 1. The van der Waals surface area contributed by atoms with Crippen molar-refractivity contribution in [3.05, 3.63) is 100 Å². The minimum Gasteiger partial charge on any atom is -0.337 e. The van der Waals surface area contributed by atoms with E-state index < -0.39 is 4.92 Å². The topological polar surface area (TPSA) is 108 Å². The molecule has 0 fully saturated rings. The van der Waals surface area contributed by atoms with Gasteiger partial charge in [-0.2, -0.15) is 5.26 Å². The van der Waals surface area contributed by atoms with Crippen LogP contribution in [0.4, 0.5) is 5.69 Å². The van der Waals surface area contributed by atoms with Gasteiger partial charge >= 0.3 is 0 Å². The number of hydrogen-bond acceptors (Lipinski definition) is 6. The lowest BCUT2D eigenvalue weighted by Gasteiger charge is -2.07. The van der Waals surface area contributed by atoms with Gasteiger partial charge in [0.25, 0.3) is 5.69 Å². The quantitative estimate of drug-likeness (QED) is 0.193. The molecule has 2 aromatic heterocycles. The number of benzene rings is 3. The summed E-state index contributed by atoms with van der Waals surface area (Å²) < 4.78 is 0. The minimum absolute atomic E-state index is 0.0384. The highest BCUT2D eigenvalue weighted by molar-refractivity contribution is 7.99. The van der Waals surface area contributed by atoms with Gasteiger partial charge in [-0.1, -0.05) is 48.2 Å². The molecule has 0 amide bonds. The van der Waals surface area contributed by atoms with E-state index in [0.29, 0.717) is 21.9 Å². The fraction of sp³-hybridized carbons (Fsp3) is 0. The Balaban J connectivity index is 1.53. The van der Waals surface area contributed by atoms with Crippen molar-refractivity contribution in [2.75, 3.05) is 0 Å². The molecule has 0 saturated carbocycles. The average molecular weight is 449 g/mol. The van der Waals surface area contributed by atoms with Crippen molar-refractivity contribution in [3.63, 3.8) is 0 Å². The lowest BCUT2D eigenvalue weighted by Crippen LogP contribution is -1.93. The lowest BCUT2D eigenvalue weighted by molar-refractivity contribution is -0.387. The van der Waals surface area contributed by atoms with Gasteiger partial charge in [-0.15, -0.1) is 0 Å². The van der Waals surface area contributed by atoms with Crippen molar-refractivity contribution >= 4 is 51.0 Å². The number of rotatable bonds is 5. The summed E-state index contributed by atoms with van der Waals surface area (Å²) >= 11 is 1.30. The van der Waals surface area contributed by atoms with E-state index in [1.54, 1.807) is 24.4 Å². The van der Waals surface area contributed by atoms with Crippen molar-refractivity contribution in [2.45, 2.75) is 9.79 Å². The van der Waals surface area contributed by atoms with Crippen LogP contribution < -0.4 is 0 Å². The first-order valence-corrected chi connectivity index (χ1v) is 10.8. The zero-order valence-electron chi connectivity index (χ0n) is 17.1. The number of aromatic amines is 1. The number of fused-ring (bicyclic) bond motifs is 2. The summed E-state index contributed by atoms with van der Waals surface area (Å²) in [6, 6.07) is 24.1. The van der Waals surface area contributed by atoms with Crippen LogP contribution >= 0.6 is 11.8 Å². The summed E-state index contributed by atoms with van der Waals surface area (Å²) in [7, 11) is 0. The molecule has 0 spiro atoms. The maximum Gasteiger partial charge on any atom is 0.283 e. The highest BCUT2D eigenvalue weighted by atomic mass is 32.2. The van der Waals surface area contributed by atoms with Crippen LogP contribution in [0.3, 0.4) is 0 Å². The smallest absolute Gasteiger partial charge is 0.283 e. The van der Waals surface area contributed by atoms with Crippen LogP contribution in [-0.2, 0) is 0 Å². The van der Waals surface area contributed by atoms with Crippen LogP contribution in [0.15, 0.2) is 88.8 Å². The van der Waals surface area contributed by atoms with Gasteiger partial charge in [-0.25, -0.2) is 4.98 Å². The van der Waals surface area contributed by atoms with Gasteiger partial charge < -0.3 is 4.98 Å². The predicted octanol–water partition coefficient (Wildman–Crippen LogP) is 6.23. The van der Waals surface area contributed by atoms with E-state index in [1.165, 1.54) is 17.8 Å². The molecule has 0 aliphatic carbocycles. The van der Waals surface area contributed by atoms with Gasteiger partial charge in [-0.3, -0.25) is 15.1 Å². The molecule has 0 aliphatic rings. The number of pyridine rings is 1. The molecule has 2 heterocycles. The van der Waals surface area contributed by atoms with Crippen LogP contribution in [0.25, 0.3) is 33.6 Å². The van der Waals surface area contributed by atoms with E-state index in [4.69, 9.17) is 0 Å². The summed E-state index contributed by atoms with van der Waals surface area (Å²) in [5.74, 6) is 0.418. The molecule has 0 saturated heterocycles. The summed E-state index contributed by atoms with van der Waals surface area (Å²) in [5.41, 5.74) is 3.15. The standard InChI is InChI=1S/C25H15N5O2S/c26-15-18(25-28-19-7-1-2-8-20(19)29-25)13-16-10-11-22(21(14-16)30(31)32)33-23-9-3-5-17-6-4-12-27-24(17)23/h1-14H,(H,28,29)/b18-13+. The number of aromatic nitrogens is 3. The van der Waals surface area contributed by atoms with E-state index in [2.05, 4.69) is 21.0 Å². The molecule has 7 nitrogen and oxygen atoms in total. The summed E-state index contributed by atoms with van der Waals surface area (Å²) in [4.78, 5) is 24.8. The maximum absolute atomic E-state index is 11.8. The number of allylic oxidation sites excluding steroid dienone is 1. The van der Waals surface area contributed by atoms with E-state index in [1.807, 2.05) is 54.6 Å². The first-order valence-electron chi connectivity index (χ1n) is 9.99. The van der Waals surface area contributed by atoms with Crippen molar-refractivity contribution < 1.29 is 4.92 Å². The second-order valence-corrected chi connectivity index (χ2v) is 8.27. The molecule has 5 rings (SSSR count). The number of hydrogen-bond donors (Lipinski definition) is 1. The Labute approximate surface area is 192 Å². The number of nitriles is 1. The van der Waals surface area contributed by atoms with Gasteiger partial charge in [0.05, 0.1) is 31.9 Å². The molecule has 5 aromatic rings. The third-order valence-corrected chi connectivity index (χ3v) is 6.19. The molecule has 1 N–H and O–H groups in total. The Hall–Kier alpha value is -4.48. The number of nitrogens with one attached hydrogen (secondary N) is 1. The fourth-order valence-corrected chi connectivity index (χ4v) is 4.56. The van der Waals surface area contributed by atoms with Crippen LogP contribution in [0, 0.1) is 21.4 Å². The molecule has 0 bridgehead atoms. The van der Waals surface area contributed by atoms with E-state index in [-0.39, 0.29) is 5.69 Å². The Morgan fingerprint density at radius 2 is 1.91 bits per heavy atom. The Morgan fingerprint density at radius 1 is 1.06 bits per heavy atom. The molecule has 0 aliphatic heterocycles. The van der Waals surface area contributed by atoms with E-state index in [9.17, 15) is 15.4 Å². The van der Waals surface area contributed by atoms with Crippen molar-refractivity contribution in [2.24, 2.45) is 0 Å². The first kappa shape index (κ1) is 20.4. The zero-order chi connectivity index (χ0) is 22.8. The second-order valence-electron chi connectivity index (χ2n) is 7.19. The van der Waals surface area contributed by atoms with Crippen molar-refractivity contribution in [1.29, 1.82) is 5.26 Å². The third-order valence-electron chi connectivity index (χ3n) is 5.07. The second kappa shape index (κ2) is 8.57. The number of H-pyrrole nitrogens is 1. The molecule has 0 atom stereocenters. The highest BCUT2D eigenvalue weighted by Crippen LogP contribution is 2.38. The highest BCUT2D eigenvalue weighted by Gasteiger charge is 2.17. The van der Waals surface area contributed by atoms with Crippen LogP contribution in [-0.4, -0.2) is 19.9 Å². The van der Waals surface area contributed by atoms with Crippen molar-refractivity contribution in [1.82, 2.24) is 15.0 Å². The first-order chi connectivity index (χ1) is 16.1. The Kier molecular flexibility index (Phi) is 5.30. The molecule has 3 aromatic carbocycles. The third kappa shape index (κ3) is 4.05. The fourth-order valence-electron chi connectivity index (χ4n) is 3.53. The maximum atomic E-state index is 11.8. The van der Waals surface area contributed by atoms with E-state index >= 15 is 0 Å². The van der Waals surface area contributed by atoms with Gasteiger partial charge in [-0.05, 0) is 42.0 Å². The van der Waals surface area contributed by atoms with Gasteiger partial charge in [0, 0.05) is 22.5 Å². The average Bonchev–Trinajstić information content (AvgIpc) is 3.27. The summed E-state index contributed by atoms with van der Waals surface area (Å²) in [5, 5.41) is 22.5. The normalized spacial score (nSPS) is 11.5. The monoisotopic (exact) mass is 449 g/mol. The SMILES string of the molecule is N#C/C(=C\c1ccc(Sc2cccc3cccnc23)c([N+](=O)[O-])c1)c1nc2ccccc2[nH]1. The summed E-state index contributed by atoms with van der Waals surface area (Å²) in [6.07, 6.45) is 3.30. The zero-order valence-corrected chi connectivity index (χ0v) is 17.9. The number of para-hydroxylation sites is 3. The number of imidazole rings is 1. The van der Waals surface area contributed by atoms with Crippen LogP contribution in [0.1, 0.15) is 11.4 Å². The Morgan fingerprint density at radius 3 is 2.73 bits per heavy atom. The molecule has 0 radical (unpaired) electrons. The number of nitrogens with zero attached hydrogens (tertiary/aromatic N) is 4. The molecule has 33 heavy (non-hydrogen) atoms. The van der Waals surface area contributed by atoms with Gasteiger partial charge in [0.2, 0.25) is 0 Å². The molecule has 8 heteroatoms. The minimum atomic E-state index is -0.411. The van der Waals surface area contributed by atoms with Crippen LogP contribution in [0.5, 0.6) is 0 Å². The van der Waals surface area contributed by atoms with Crippen molar-refractivity contribution in [3.8, 4) is 6.07 Å². The molecule has 0 unspecified atom stereocenters. The lowest BCUT2D eigenvalue weighted by atomic mass is 10.1. The van der Waals surface area contributed by atoms with E-state index in [0.717, 1.165) is 26.8 Å². The number of nitro groups is 1. The van der Waals surface area contributed by atoms with Crippen LogP contribution in [0.2, 0.25) is 0 Å². The molecular formula is C25H15N5O2S.